The summed E-state index contributed by atoms with van der Waals surface area (Å²) in [5, 5.41) is 2.09. The first kappa shape index (κ1) is 32.4. The lowest BCUT2D eigenvalue weighted by atomic mass is 10.1. The zero-order valence-electron chi connectivity index (χ0n) is 25.9. The molecule has 12 nitrogen and oxygen atoms in total. The van der Waals surface area contributed by atoms with Crippen LogP contribution in [0.15, 0.2) is 47.5 Å². The van der Waals surface area contributed by atoms with E-state index in [0.717, 1.165) is 11.4 Å². The first-order valence-electron chi connectivity index (χ1n) is 14.6. The lowest BCUT2D eigenvalue weighted by Gasteiger charge is -2.34. The molecule has 3 aromatic rings. The van der Waals surface area contributed by atoms with Crippen molar-refractivity contribution in [3.05, 3.63) is 59.4 Å². The van der Waals surface area contributed by atoms with Crippen molar-refractivity contribution in [2.45, 2.75) is 25.3 Å². The Morgan fingerprint density at radius 1 is 1.09 bits per heavy atom. The molecule has 1 aromatic carbocycles. The van der Waals surface area contributed by atoms with Crippen LogP contribution in [0, 0.1) is 18.8 Å². The molecule has 1 atom stereocenters. The molecule has 45 heavy (non-hydrogen) atoms. The highest BCUT2D eigenvalue weighted by atomic mass is 32.2. The lowest BCUT2D eigenvalue weighted by molar-refractivity contribution is 0.0990. The number of carbonyl (C=O) groups excluding carboxylic acids is 1. The van der Waals surface area contributed by atoms with E-state index in [9.17, 15) is 13.2 Å². The van der Waals surface area contributed by atoms with Gasteiger partial charge in [-0.1, -0.05) is 24.0 Å². The molecule has 4 heterocycles. The molecule has 1 unspecified atom stereocenters. The maximum absolute atomic E-state index is 13.7. The Kier molecular flexibility index (Phi) is 10.0. The summed E-state index contributed by atoms with van der Waals surface area (Å²) in [6.07, 6.45) is 2.58. The van der Waals surface area contributed by atoms with E-state index in [1.54, 1.807) is 11.0 Å². The topological polar surface area (TPSA) is 138 Å². The second-order valence-corrected chi connectivity index (χ2v) is 14.4. The van der Waals surface area contributed by atoms with Crippen molar-refractivity contribution in [2.75, 3.05) is 73.3 Å². The Hall–Kier alpha value is -4.03. The third-order valence-electron chi connectivity index (χ3n) is 7.77. The molecule has 5 rings (SSSR count). The number of pyridine rings is 1. The molecule has 0 bridgehead atoms. The number of ether oxygens (including phenoxy) is 1. The number of hydrogen-bond acceptors (Lipinski definition) is 10. The molecule has 1 saturated heterocycles. The Morgan fingerprint density at radius 2 is 1.84 bits per heavy atom. The molecular weight excluding hydrogens is 613 g/mol. The van der Waals surface area contributed by atoms with Crippen molar-refractivity contribution in [3.63, 3.8) is 0 Å². The number of nitrogens with two attached hydrogens (primary N) is 1. The number of piperazine rings is 1. The zero-order valence-corrected chi connectivity index (χ0v) is 27.6. The minimum absolute atomic E-state index is 0.00945. The summed E-state index contributed by atoms with van der Waals surface area (Å²) in [5.74, 6) is 6.06. The Morgan fingerprint density at radius 3 is 2.58 bits per heavy atom. The van der Waals surface area contributed by atoms with Gasteiger partial charge in [-0.2, -0.15) is 9.29 Å². The van der Waals surface area contributed by atoms with Crippen LogP contribution in [-0.4, -0.2) is 98.1 Å². The minimum Gasteiger partial charge on any atom is -0.450 e. The predicted molar refractivity (Wildman–Crippen MR) is 180 cm³/mol. The number of rotatable bonds is 8. The van der Waals surface area contributed by atoms with Crippen LogP contribution in [0.1, 0.15) is 28.7 Å². The number of para-hydroxylation sites is 1. The van der Waals surface area contributed by atoms with Gasteiger partial charge in [0, 0.05) is 58.0 Å². The lowest BCUT2D eigenvalue weighted by Crippen LogP contribution is -2.49. The number of sulfonamides is 1. The Balaban J connectivity index is 1.28. The van der Waals surface area contributed by atoms with Crippen molar-refractivity contribution in [3.8, 4) is 17.9 Å². The van der Waals surface area contributed by atoms with Gasteiger partial charge in [-0.15, -0.1) is 10.7 Å². The summed E-state index contributed by atoms with van der Waals surface area (Å²) in [6, 6.07) is 12.8. The third-order valence-corrected chi connectivity index (χ3v) is 11.3. The number of nitrogens with zero attached hydrogens (tertiary/aromatic N) is 7. The van der Waals surface area contributed by atoms with E-state index in [1.165, 1.54) is 10.4 Å². The first-order valence-corrected chi connectivity index (χ1v) is 17.7. The molecular formula is C31H38N8O4S2. The molecule has 2 N–H and O–H groups in total. The minimum atomic E-state index is -3.84. The average Bonchev–Trinajstić information content (AvgIpc) is 3.49. The number of amides is 1. The van der Waals surface area contributed by atoms with E-state index in [2.05, 4.69) is 42.7 Å². The second-order valence-electron chi connectivity index (χ2n) is 10.5. The summed E-state index contributed by atoms with van der Waals surface area (Å²) in [7, 11) is -2.01. The van der Waals surface area contributed by atoms with E-state index >= 15 is 0 Å². The number of fused-ring (bicyclic) bond motifs is 1. The molecule has 1 fully saturated rings. The number of anilines is 3. The van der Waals surface area contributed by atoms with Gasteiger partial charge in [-0.25, -0.2) is 18.4 Å². The van der Waals surface area contributed by atoms with E-state index in [4.69, 9.17) is 10.5 Å². The standard InChI is InChI=1S/C31H38N8O4S2/c1-5-44(4)36(3)26-11-7-6-10-24(26)30(40)39-16-14-25-27(39)12-13-29(34-25)45(41,42)38-19-17-37(18-20-38)28-22-23(2)33-31(35-28)43-21-9-8-15-32/h5-7,10-13,22H,14-21,32H2,1-4H3. The number of carbonyl (C=O) groups is 1. The summed E-state index contributed by atoms with van der Waals surface area (Å²) in [6.45, 7) is 6.09. The Labute approximate surface area is 267 Å². The van der Waals surface area contributed by atoms with E-state index < -0.39 is 10.0 Å². The zero-order chi connectivity index (χ0) is 32.1. The molecule has 0 aliphatic carbocycles. The summed E-state index contributed by atoms with van der Waals surface area (Å²) < 4.78 is 36.4. The second kappa shape index (κ2) is 13.9. The Bertz CT molecular complexity index is 1780. The van der Waals surface area contributed by atoms with Crippen LogP contribution in [0.3, 0.4) is 0 Å². The molecule has 0 radical (unpaired) electrons. The van der Waals surface area contributed by atoms with Gasteiger partial charge < -0.3 is 24.6 Å². The van der Waals surface area contributed by atoms with Crippen molar-refractivity contribution in [1.29, 1.82) is 0 Å². The van der Waals surface area contributed by atoms with E-state index in [0.29, 0.717) is 48.8 Å². The highest BCUT2D eigenvalue weighted by Gasteiger charge is 2.34. The van der Waals surface area contributed by atoms with Crippen LogP contribution >= 0.6 is 10.7 Å². The number of hydrogen-bond donors (Lipinski definition) is 1. The summed E-state index contributed by atoms with van der Waals surface area (Å²) in [5.41, 5.74) is 8.81. The maximum Gasteiger partial charge on any atom is 0.319 e. The molecule has 1 amide bonds. The van der Waals surface area contributed by atoms with Crippen LogP contribution in [0.25, 0.3) is 0 Å². The fourth-order valence-corrected chi connectivity index (χ4v) is 7.41. The molecule has 2 aromatic heterocycles. The quantitative estimate of drug-likeness (QED) is 0.286. The highest BCUT2D eigenvalue weighted by Crippen LogP contribution is 2.33. The van der Waals surface area contributed by atoms with Crippen molar-refractivity contribution < 1.29 is 17.9 Å². The van der Waals surface area contributed by atoms with Crippen LogP contribution < -0.4 is 24.6 Å². The van der Waals surface area contributed by atoms with Crippen LogP contribution in [0.2, 0.25) is 0 Å². The number of aromatic nitrogens is 3. The monoisotopic (exact) mass is 650 g/mol. The fourth-order valence-electron chi connectivity index (χ4n) is 5.25. The van der Waals surface area contributed by atoms with Gasteiger partial charge in [0.05, 0.1) is 29.2 Å². The van der Waals surface area contributed by atoms with Crippen molar-refractivity contribution in [1.82, 2.24) is 19.3 Å². The van der Waals surface area contributed by atoms with E-state index in [1.807, 2.05) is 56.1 Å². The molecule has 238 valence electrons. The first-order chi connectivity index (χ1) is 21.6. The van der Waals surface area contributed by atoms with Crippen LogP contribution in [-0.2, 0) is 16.4 Å². The molecule has 0 saturated carbocycles. The number of benzene rings is 1. The predicted octanol–water partition coefficient (Wildman–Crippen LogP) is 2.31. The van der Waals surface area contributed by atoms with Gasteiger partial charge in [-0.3, -0.25) is 4.79 Å². The normalized spacial score (nSPS) is 15.8. The summed E-state index contributed by atoms with van der Waals surface area (Å²) in [4.78, 5) is 30.8. The number of aryl methyl sites for hydroxylation is 1. The molecule has 14 heteroatoms. The van der Waals surface area contributed by atoms with Gasteiger partial charge in [0.2, 0.25) is 0 Å². The smallest absolute Gasteiger partial charge is 0.319 e. The van der Waals surface area contributed by atoms with Crippen molar-refractivity contribution >= 4 is 49.2 Å². The van der Waals surface area contributed by atoms with Crippen LogP contribution in [0.5, 0.6) is 6.01 Å². The average molecular weight is 651 g/mol. The maximum atomic E-state index is 13.7. The van der Waals surface area contributed by atoms with Gasteiger partial charge in [0.1, 0.15) is 5.82 Å². The highest BCUT2D eigenvalue weighted by molar-refractivity contribution is 8.15. The van der Waals surface area contributed by atoms with Crippen LogP contribution in [0.4, 0.5) is 17.2 Å². The fraction of sp³-hybridized carbons (Fsp3) is 0.387. The van der Waals surface area contributed by atoms with Gasteiger partial charge in [0.15, 0.2) is 11.6 Å². The molecule has 0 spiro atoms. The molecule has 2 aliphatic heterocycles. The summed E-state index contributed by atoms with van der Waals surface area (Å²) >= 11 is 0. The van der Waals surface area contributed by atoms with Gasteiger partial charge in [-0.05, 0) is 49.7 Å². The van der Waals surface area contributed by atoms with Gasteiger partial charge >= 0.3 is 6.01 Å². The van der Waals surface area contributed by atoms with Crippen molar-refractivity contribution in [2.24, 2.45) is 5.73 Å². The van der Waals surface area contributed by atoms with Gasteiger partial charge in [0.25, 0.3) is 15.9 Å². The molecule has 2 aliphatic rings. The third kappa shape index (κ3) is 6.96. The largest absolute Gasteiger partial charge is 0.450 e. The van der Waals surface area contributed by atoms with E-state index in [-0.39, 0.29) is 53.9 Å². The SMILES string of the molecule is C/C=S(\C)N(C)c1ccccc1C(=O)N1CCc2nc(S(=O)(=O)N3CCN(c4cc(C)nc(OCC#CCN)n4)CC3)ccc21.